The van der Waals surface area contributed by atoms with E-state index in [0.717, 1.165) is 16.7 Å². The molecule has 0 saturated carbocycles. The van der Waals surface area contributed by atoms with E-state index in [1.165, 1.54) is 27.6 Å². The normalized spacial score (nSPS) is 11.5. The summed E-state index contributed by atoms with van der Waals surface area (Å²) in [5.41, 5.74) is 6.91. The number of nitrogens with zero attached hydrogens (tertiary/aromatic N) is 2. The van der Waals surface area contributed by atoms with E-state index >= 15 is 0 Å². The number of aromatic nitrogens is 2. The van der Waals surface area contributed by atoms with Gasteiger partial charge in [-0.2, -0.15) is 0 Å². The first-order valence-corrected chi connectivity index (χ1v) is 8.18. The van der Waals surface area contributed by atoms with E-state index in [1.807, 2.05) is 6.07 Å². The quantitative estimate of drug-likeness (QED) is 0.393. The highest BCUT2D eigenvalue weighted by atomic mass is 15.0. The molecule has 0 N–H and O–H groups in total. The molecule has 0 atom stereocenters. The summed E-state index contributed by atoms with van der Waals surface area (Å²) in [5, 5.41) is 2.41. The summed E-state index contributed by atoms with van der Waals surface area (Å²) in [5.74, 6) is 0. The van der Waals surface area contributed by atoms with Crippen LogP contribution >= 0.6 is 0 Å². The molecule has 0 saturated heterocycles. The maximum Gasteiger partial charge on any atom is 0.146 e. The molecule has 2 nitrogen and oxygen atoms in total. The molecule has 2 aromatic heterocycles. The first kappa shape index (κ1) is 13.3. The first-order chi connectivity index (χ1) is 11.8. The standard InChI is InChI=1S/C22H16N2/c1-15-8-2-4-10-17(15)21-14-16-9-3-5-11-18(16)22-23-19-12-6-7-13-20(19)24(21)22/h2-14H,1H3. The lowest BCUT2D eigenvalue weighted by Crippen LogP contribution is -1.95. The summed E-state index contributed by atoms with van der Waals surface area (Å²) in [6.07, 6.45) is 0. The second kappa shape index (κ2) is 4.93. The van der Waals surface area contributed by atoms with Gasteiger partial charge in [-0.15, -0.1) is 0 Å². The van der Waals surface area contributed by atoms with Gasteiger partial charge in [0.05, 0.1) is 16.7 Å². The third-order valence-corrected chi connectivity index (χ3v) is 4.72. The van der Waals surface area contributed by atoms with Gasteiger partial charge in [-0.1, -0.05) is 60.7 Å². The predicted molar refractivity (Wildman–Crippen MR) is 100 cm³/mol. The third kappa shape index (κ3) is 1.80. The number of rotatable bonds is 1. The molecule has 5 aromatic rings. The second-order valence-corrected chi connectivity index (χ2v) is 6.19. The zero-order valence-corrected chi connectivity index (χ0v) is 13.4. The van der Waals surface area contributed by atoms with Gasteiger partial charge in [-0.05, 0) is 36.1 Å². The number of aryl methyl sites for hydroxylation is 1. The van der Waals surface area contributed by atoms with Crippen LogP contribution in [0.5, 0.6) is 0 Å². The maximum absolute atomic E-state index is 4.92. The van der Waals surface area contributed by atoms with Crippen molar-refractivity contribution in [2.75, 3.05) is 0 Å². The van der Waals surface area contributed by atoms with Gasteiger partial charge in [-0.25, -0.2) is 4.98 Å². The van der Waals surface area contributed by atoms with Gasteiger partial charge >= 0.3 is 0 Å². The Morgan fingerprint density at radius 2 is 1.54 bits per heavy atom. The van der Waals surface area contributed by atoms with Crippen LogP contribution in [-0.2, 0) is 0 Å². The molecular weight excluding hydrogens is 292 g/mol. The monoisotopic (exact) mass is 308 g/mol. The lowest BCUT2D eigenvalue weighted by Gasteiger charge is -2.12. The SMILES string of the molecule is Cc1ccccc1-c1cc2ccccc2c2nc3ccccc3n12. The molecule has 0 aliphatic carbocycles. The van der Waals surface area contributed by atoms with Crippen LogP contribution in [0, 0.1) is 6.92 Å². The summed E-state index contributed by atoms with van der Waals surface area (Å²) >= 11 is 0. The van der Waals surface area contributed by atoms with Crippen molar-refractivity contribution in [3.05, 3.63) is 84.4 Å². The fourth-order valence-electron chi connectivity index (χ4n) is 3.55. The van der Waals surface area contributed by atoms with Crippen LogP contribution in [-0.4, -0.2) is 9.38 Å². The second-order valence-electron chi connectivity index (χ2n) is 6.19. The van der Waals surface area contributed by atoms with Crippen molar-refractivity contribution in [3.8, 4) is 11.3 Å². The van der Waals surface area contributed by atoms with Crippen molar-refractivity contribution in [3.63, 3.8) is 0 Å². The Kier molecular flexibility index (Phi) is 2.74. The molecule has 114 valence electrons. The predicted octanol–water partition coefficient (Wildman–Crippen LogP) is 5.62. The Morgan fingerprint density at radius 1 is 0.792 bits per heavy atom. The summed E-state index contributed by atoms with van der Waals surface area (Å²) in [6.45, 7) is 2.16. The molecule has 0 bridgehead atoms. The molecular formula is C22H16N2. The maximum atomic E-state index is 4.92. The van der Waals surface area contributed by atoms with E-state index in [9.17, 15) is 0 Å². The molecule has 0 aliphatic heterocycles. The fourth-order valence-corrected chi connectivity index (χ4v) is 3.55. The fraction of sp³-hybridized carbons (Fsp3) is 0.0455. The van der Waals surface area contributed by atoms with Crippen LogP contribution in [0.25, 0.3) is 38.7 Å². The molecule has 0 radical (unpaired) electrons. The Hall–Kier alpha value is -3.13. The minimum absolute atomic E-state index is 1.02. The Bertz CT molecular complexity index is 1210. The Labute approximate surface area is 140 Å². The van der Waals surface area contributed by atoms with Gasteiger partial charge in [0.25, 0.3) is 0 Å². The molecule has 0 unspecified atom stereocenters. The van der Waals surface area contributed by atoms with Crippen molar-refractivity contribution < 1.29 is 0 Å². The first-order valence-electron chi connectivity index (χ1n) is 8.18. The molecule has 2 heterocycles. The smallest absolute Gasteiger partial charge is 0.146 e. The van der Waals surface area contributed by atoms with Gasteiger partial charge in [0, 0.05) is 10.9 Å². The summed E-state index contributed by atoms with van der Waals surface area (Å²) in [4.78, 5) is 4.92. The van der Waals surface area contributed by atoms with Crippen LogP contribution in [0.3, 0.4) is 0 Å². The highest BCUT2D eigenvalue weighted by Gasteiger charge is 2.14. The van der Waals surface area contributed by atoms with E-state index < -0.39 is 0 Å². The van der Waals surface area contributed by atoms with Crippen molar-refractivity contribution in [1.82, 2.24) is 9.38 Å². The lowest BCUT2D eigenvalue weighted by molar-refractivity contribution is 1.24. The summed E-state index contributed by atoms with van der Waals surface area (Å²) < 4.78 is 2.29. The van der Waals surface area contributed by atoms with Crippen LogP contribution in [0.4, 0.5) is 0 Å². The van der Waals surface area contributed by atoms with Gasteiger partial charge in [0.2, 0.25) is 0 Å². The van der Waals surface area contributed by atoms with E-state index in [1.54, 1.807) is 0 Å². The van der Waals surface area contributed by atoms with E-state index in [2.05, 4.69) is 84.1 Å². The highest BCUT2D eigenvalue weighted by Crippen LogP contribution is 2.32. The minimum Gasteiger partial charge on any atom is -0.292 e. The molecule has 24 heavy (non-hydrogen) atoms. The molecule has 2 heteroatoms. The molecule has 3 aromatic carbocycles. The number of benzene rings is 3. The van der Waals surface area contributed by atoms with Crippen LogP contribution in [0.1, 0.15) is 5.56 Å². The van der Waals surface area contributed by atoms with Gasteiger partial charge in [0.1, 0.15) is 5.65 Å². The van der Waals surface area contributed by atoms with E-state index in [4.69, 9.17) is 4.98 Å². The summed E-state index contributed by atoms with van der Waals surface area (Å²) in [6, 6.07) is 27.6. The van der Waals surface area contributed by atoms with Crippen LogP contribution in [0.15, 0.2) is 78.9 Å². The summed E-state index contributed by atoms with van der Waals surface area (Å²) in [7, 11) is 0. The molecule has 0 spiro atoms. The van der Waals surface area contributed by atoms with Crippen molar-refractivity contribution >= 4 is 27.5 Å². The number of pyridine rings is 1. The number of hydrogen-bond acceptors (Lipinski definition) is 1. The number of fused-ring (bicyclic) bond motifs is 5. The average molecular weight is 308 g/mol. The molecule has 0 fully saturated rings. The zero-order chi connectivity index (χ0) is 16.1. The average Bonchev–Trinajstić information content (AvgIpc) is 3.01. The highest BCUT2D eigenvalue weighted by molar-refractivity contribution is 6.01. The van der Waals surface area contributed by atoms with E-state index in [0.29, 0.717) is 0 Å². The molecule has 0 aliphatic rings. The van der Waals surface area contributed by atoms with Gasteiger partial charge in [-0.3, -0.25) is 4.40 Å². The Morgan fingerprint density at radius 3 is 2.46 bits per heavy atom. The third-order valence-electron chi connectivity index (χ3n) is 4.72. The van der Waals surface area contributed by atoms with E-state index in [-0.39, 0.29) is 0 Å². The van der Waals surface area contributed by atoms with Crippen LogP contribution in [0.2, 0.25) is 0 Å². The topological polar surface area (TPSA) is 17.3 Å². The zero-order valence-electron chi connectivity index (χ0n) is 13.4. The largest absolute Gasteiger partial charge is 0.292 e. The number of hydrogen-bond donors (Lipinski definition) is 0. The minimum atomic E-state index is 1.02. The molecule has 5 rings (SSSR count). The van der Waals surface area contributed by atoms with Crippen molar-refractivity contribution in [2.24, 2.45) is 0 Å². The van der Waals surface area contributed by atoms with Gasteiger partial charge in [0.15, 0.2) is 0 Å². The lowest BCUT2D eigenvalue weighted by atomic mass is 10.0. The Balaban J connectivity index is 2.06. The number of para-hydroxylation sites is 2. The van der Waals surface area contributed by atoms with Crippen LogP contribution < -0.4 is 0 Å². The molecule has 0 amide bonds. The van der Waals surface area contributed by atoms with Gasteiger partial charge < -0.3 is 0 Å². The van der Waals surface area contributed by atoms with Crippen molar-refractivity contribution in [2.45, 2.75) is 6.92 Å². The number of imidazole rings is 1. The van der Waals surface area contributed by atoms with Crippen molar-refractivity contribution in [1.29, 1.82) is 0 Å².